The average Bonchev–Trinajstić information content (AvgIpc) is 2.87. The molecule has 1 fully saturated rings. The van der Waals surface area contributed by atoms with Crippen molar-refractivity contribution in [3.63, 3.8) is 0 Å². The zero-order valence-electron chi connectivity index (χ0n) is 14.2. The molecular weight excluding hydrogens is 286 g/mol. The molecular formula is C19H27N3O. The second kappa shape index (κ2) is 7.18. The van der Waals surface area contributed by atoms with Gasteiger partial charge >= 0.3 is 0 Å². The Morgan fingerprint density at radius 3 is 2.78 bits per heavy atom. The molecule has 4 nitrogen and oxygen atoms in total. The second-order valence-electron chi connectivity index (χ2n) is 6.61. The van der Waals surface area contributed by atoms with E-state index >= 15 is 0 Å². The van der Waals surface area contributed by atoms with Gasteiger partial charge < -0.3 is 15.2 Å². The largest absolute Gasteiger partial charge is 0.358 e. The molecule has 0 saturated carbocycles. The van der Waals surface area contributed by atoms with Gasteiger partial charge in [-0.25, -0.2) is 0 Å². The van der Waals surface area contributed by atoms with E-state index in [9.17, 15) is 4.79 Å². The zero-order chi connectivity index (χ0) is 16.2. The van der Waals surface area contributed by atoms with E-state index in [1.54, 1.807) is 0 Å². The van der Waals surface area contributed by atoms with Gasteiger partial charge in [0.05, 0.1) is 11.1 Å². The minimum absolute atomic E-state index is 0.0236. The van der Waals surface area contributed by atoms with E-state index in [4.69, 9.17) is 0 Å². The Bertz CT molecular complexity index is 683. The molecule has 0 radical (unpaired) electrons. The van der Waals surface area contributed by atoms with E-state index in [2.05, 4.69) is 35.1 Å². The SMILES string of the molecule is Cc1[nH]c2c(C(=O)NCCCN3CCCCC3)cccc2c1C. The highest BCUT2D eigenvalue weighted by molar-refractivity contribution is 6.06. The predicted octanol–water partition coefficient (Wildman–Crippen LogP) is 3.39. The Labute approximate surface area is 138 Å². The van der Waals surface area contributed by atoms with Crippen LogP contribution in [0.3, 0.4) is 0 Å². The molecule has 2 N–H and O–H groups in total. The first-order chi connectivity index (χ1) is 11.2. The molecule has 2 aromatic rings. The van der Waals surface area contributed by atoms with Crippen LogP contribution in [0.4, 0.5) is 0 Å². The van der Waals surface area contributed by atoms with E-state index in [0.717, 1.165) is 41.7 Å². The molecule has 1 aromatic carbocycles. The number of benzene rings is 1. The van der Waals surface area contributed by atoms with Gasteiger partial charge in [-0.3, -0.25) is 4.79 Å². The smallest absolute Gasteiger partial charge is 0.253 e. The lowest BCUT2D eigenvalue weighted by molar-refractivity contribution is 0.0952. The molecule has 1 aliphatic heterocycles. The monoisotopic (exact) mass is 313 g/mol. The Morgan fingerprint density at radius 2 is 2.00 bits per heavy atom. The number of aryl methyl sites for hydroxylation is 2. The van der Waals surface area contributed by atoms with E-state index in [0.29, 0.717) is 0 Å². The molecule has 1 amide bonds. The molecule has 1 aliphatic rings. The fourth-order valence-corrected chi connectivity index (χ4v) is 3.45. The molecule has 0 atom stereocenters. The number of likely N-dealkylation sites (tertiary alicyclic amines) is 1. The van der Waals surface area contributed by atoms with Gasteiger partial charge in [-0.1, -0.05) is 18.6 Å². The fraction of sp³-hybridized carbons (Fsp3) is 0.526. The minimum atomic E-state index is 0.0236. The van der Waals surface area contributed by atoms with Gasteiger partial charge in [-0.05, 0) is 64.4 Å². The highest BCUT2D eigenvalue weighted by Gasteiger charge is 2.14. The molecule has 4 heteroatoms. The summed E-state index contributed by atoms with van der Waals surface area (Å²) in [6.45, 7) is 8.41. The van der Waals surface area contributed by atoms with Gasteiger partial charge in [0.1, 0.15) is 0 Å². The Morgan fingerprint density at radius 1 is 1.22 bits per heavy atom. The first-order valence-electron chi connectivity index (χ1n) is 8.75. The molecule has 0 unspecified atom stereocenters. The number of rotatable bonds is 5. The Balaban J connectivity index is 1.57. The molecule has 2 heterocycles. The molecule has 0 spiro atoms. The van der Waals surface area contributed by atoms with Crippen LogP contribution in [0.5, 0.6) is 0 Å². The fourth-order valence-electron chi connectivity index (χ4n) is 3.45. The third-order valence-electron chi connectivity index (χ3n) is 4.97. The zero-order valence-corrected chi connectivity index (χ0v) is 14.2. The molecule has 0 aliphatic carbocycles. The number of fused-ring (bicyclic) bond motifs is 1. The highest BCUT2D eigenvalue weighted by atomic mass is 16.1. The second-order valence-corrected chi connectivity index (χ2v) is 6.61. The summed E-state index contributed by atoms with van der Waals surface area (Å²) in [5.74, 6) is 0.0236. The summed E-state index contributed by atoms with van der Waals surface area (Å²) < 4.78 is 0. The molecule has 3 rings (SSSR count). The summed E-state index contributed by atoms with van der Waals surface area (Å²) in [5.41, 5.74) is 4.05. The van der Waals surface area contributed by atoms with E-state index < -0.39 is 0 Å². The van der Waals surface area contributed by atoms with Crippen molar-refractivity contribution in [1.29, 1.82) is 0 Å². The van der Waals surface area contributed by atoms with Crippen molar-refractivity contribution >= 4 is 16.8 Å². The van der Waals surface area contributed by atoms with Gasteiger partial charge in [0, 0.05) is 17.6 Å². The van der Waals surface area contributed by atoms with Crippen LogP contribution in [0.2, 0.25) is 0 Å². The summed E-state index contributed by atoms with van der Waals surface area (Å²) >= 11 is 0. The number of piperidine rings is 1. The van der Waals surface area contributed by atoms with Crippen molar-refractivity contribution in [2.45, 2.75) is 39.5 Å². The van der Waals surface area contributed by atoms with Gasteiger partial charge in [0.25, 0.3) is 5.91 Å². The van der Waals surface area contributed by atoms with Crippen LogP contribution in [-0.4, -0.2) is 42.0 Å². The number of nitrogens with one attached hydrogen (secondary N) is 2. The number of carbonyl (C=O) groups excluding carboxylic acids is 1. The summed E-state index contributed by atoms with van der Waals surface area (Å²) in [6, 6.07) is 5.93. The first-order valence-corrected chi connectivity index (χ1v) is 8.75. The van der Waals surface area contributed by atoms with Crippen molar-refractivity contribution in [1.82, 2.24) is 15.2 Å². The van der Waals surface area contributed by atoms with Crippen LogP contribution in [0.15, 0.2) is 18.2 Å². The van der Waals surface area contributed by atoms with Crippen LogP contribution in [0.1, 0.15) is 47.3 Å². The van der Waals surface area contributed by atoms with E-state index in [-0.39, 0.29) is 5.91 Å². The summed E-state index contributed by atoms with van der Waals surface area (Å²) in [7, 11) is 0. The Kier molecular flexibility index (Phi) is 5.01. The summed E-state index contributed by atoms with van der Waals surface area (Å²) in [5, 5.41) is 4.22. The maximum Gasteiger partial charge on any atom is 0.253 e. The standard InChI is InChI=1S/C19H27N3O/c1-14-15(2)21-18-16(14)8-6-9-17(18)19(23)20-10-7-13-22-11-4-3-5-12-22/h6,8-9,21H,3-5,7,10-13H2,1-2H3,(H,20,23). The lowest BCUT2D eigenvalue weighted by Gasteiger charge is -2.26. The maximum absolute atomic E-state index is 12.5. The molecule has 124 valence electrons. The quantitative estimate of drug-likeness (QED) is 0.831. The van der Waals surface area contributed by atoms with Crippen molar-refractivity contribution in [3.05, 3.63) is 35.0 Å². The summed E-state index contributed by atoms with van der Waals surface area (Å²) in [4.78, 5) is 18.3. The molecule has 1 aromatic heterocycles. The number of para-hydroxylation sites is 1. The molecule has 0 bridgehead atoms. The Hall–Kier alpha value is -1.81. The third kappa shape index (κ3) is 3.58. The number of nitrogens with zero attached hydrogens (tertiary/aromatic N) is 1. The van der Waals surface area contributed by atoms with Gasteiger partial charge in [-0.15, -0.1) is 0 Å². The number of carbonyl (C=O) groups is 1. The van der Waals surface area contributed by atoms with E-state index in [1.807, 2.05) is 12.1 Å². The number of aromatic amines is 1. The average molecular weight is 313 g/mol. The van der Waals surface area contributed by atoms with Crippen molar-refractivity contribution in [2.24, 2.45) is 0 Å². The van der Waals surface area contributed by atoms with Gasteiger partial charge in [0.15, 0.2) is 0 Å². The predicted molar refractivity (Wildman–Crippen MR) is 95.0 cm³/mol. The number of aromatic nitrogens is 1. The normalized spacial score (nSPS) is 15.9. The van der Waals surface area contributed by atoms with E-state index in [1.165, 1.54) is 37.9 Å². The first kappa shape index (κ1) is 16.1. The van der Waals surface area contributed by atoms with Gasteiger partial charge in [0.2, 0.25) is 0 Å². The topological polar surface area (TPSA) is 48.1 Å². The van der Waals surface area contributed by atoms with Crippen molar-refractivity contribution in [2.75, 3.05) is 26.2 Å². The third-order valence-corrected chi connectivity index (χ3v) is 4.97. The molecule has 23 heavy (non-hydrogen) atoms. The summed E-state index contributed by atoms with van der Waals surface area (Å²) in [6.07, 6.45) is 5.02. The van der Waals surface area contributed by atoms with Crippen LogP contribution in [0, 0.1) is 13.8 Å². The van der Waals surface area contributed by atoms with Crippen LogP contribution >= 0.6 is 0 Å². The number of amides is 1. The number of hydrogen-bond acceptors (Lipinski definition) is 2. The number of H-pyrrole nitrogens is 1. The highest BCUT2D eigenvalue weighted by Crippen LogP contribution is 2.24. The van der Waals surface area contributed by atoms with Gasteiger partial charge in [-0.2, -0.15) is 0 Å². The van der Waals surface area contributed by atoms with Crippen LogP contribution in [0.25, 0.3) is 10.9 Å². The molecule has 1 saturated heterocycles. The number of hydrogen-bond donors (Lipinski definition) is 2. The van der Waals surface area contributed by atoms with Crippen molar-refractivity contribution in [3.8, 4) is 0 Å². The lowest BCUT2D eigenvalue weighted by atomic mass is 10.1. The maximum atomic E-state index is 12.5. The lowest BCUT2D eigenvalue weighted by Crippen LogP contribution is -2.33. The van der Waals surface area contributed by atoms with Crippen molar-refractivity contribution < 1.29 is 4.79 Å². The van der Waals surface area contributed by atoms with Crippen LogP contribution < -0.4 is 5.32 Å². The van der Waals surface area contributed by atoms with Crippen LogP contribution in [-0.2, 0) is 0 Å². The minimum Gasteiger partial charge on any atom is -0.358 e.